The van der Waals surface area contributed by atoms with E-state index in [0.717, 1.165) is 25.1 Å². The van der Waals surface area contributed by atoms with E-state index in [-0.39, 0.29) is 5.92 Å². The predicted molar refractivity (Wildman–Crippen MR) is 55.8 cm³/mol. The van der Waals surface area contributed by atoms with Gasteiger partial charge in [0.2, 0.25) is 0 Å². The Hall–Kier alpha value is -1.03. The van der Waals surface area contributed by atoms with Gasteiger partial charge in [0.1, 0.15) is 17.8 Å². The molecule has 2 unspecified atom stereocenters. The number of hydrogen-bond acceptors (Lipinski definition) is 1. The molecule has 1 nitrogen and oxygen atoms in total. The second kappa shape index (κ2) is 4.87. The summed E-state index contributed by atoms with van der Waals surface area (Å²) in [5.41, 5.74) is -0.420. The van der Waals surface area contributed by atoms with Crippen molar-refractivity contribution in [3.63, 3.8) is 0 Å². The number of rotatable bonds is 2. The highest BCUT2D eigenvalue weighted by atomic mass is 19.2. The highest BCUT2D eigenvalue weighted by molar-refractivity contribution is 5.23. The molecule has 0 radical (unpaired) electrons. The zero-order valence-electron chi connectivity index (χ0n) is 8.85. The van der Waals surface area contributed by atoms with Crippen LogP contribution in [-0.2, 0) is 0 Å². The highest BCUT2D eigenvalue weighted by Gasteiger charge is 2.29. The summed E-state index contributed by atoms with van der Waals surface area (Å²) in [5.74, 6) is -1.92. The molecular weight excluding hydrogens is 215 g/mol. The third kappa shape index (κ3) is 2.21. The molecule has 0 aromatic heterocycles. The van der Waals surface area contributed by atoms with Crippen molar-refractivity contribution in [2.24, 2.45) is 5.92 Å². The lowest BCUT2D eigenvalue weighted by Gasteiger charge is -2.26. The largest absolute Gasteiger partial charge is 0.316 e. The molecule has 1 aromatic rings. The van der Waals surface area contributed by atoms with Gasteiger partial charge in [-0.2, -0.15) is 0 Å². The Morgan fingerprint density at radius 2 is 1.94 bits per heavy atom. The first kappa shape index (κ1) is 11.5. The number of nitrogens with one attached hydrogen (secondary N) is 1. The Morgan fingerprint density at radius 1 is 1.25 bits per heavy atom. The fraction of sp³-hybridized carbons (Fsp3) is 0.500. The van der Waals surface area contributed by atoms with Gasteiger partial charge >= 0.3 is 0 Å². The van der Waals surface area contributed by atoms with Crippen molar-refractivity contribution in [1.82, 2.24) is 5.32 Å². The van der Waals surface area contributed by atoms with E-state index in [0.29, 0.717) is 13.0 Å². The number of hydrogen-bond donors (Lipinski definition) is 1. The van der Waals surface area contributed by atoms with Crippen LogP contribution in [0.2, 0.25) is 0 Å². The fourth-order valence-corrected chi connectivity index (χ4v) is 2.14. The van der Waals surface area contributed by atoms with Gasteiger partial charge in [-0.05, 0) is 31.5 Å². The Labute approximate surface area is 92.7 Å². The first-order valence-electron chi connectivity index (χ1n) is 5.49. The van der Waals surface area contributed by atoms with Crippen LogP contribution >= 0.6 is 0 Å². The van der Waals surface area contributed by atoms with E-state index in [4.69, 9.17) is 0 Å². The molecule has 0 aliphatic carbocycles. The van der Waals surface area contributed by atoms with Crippen LogP contribution in [0.4, 0.5) is 13.2 Å². The maximum atomic E-state index is 14.0. The molecule has 4 heteroatoms. The van der Waals surface area contributed by atoms with Crippen LogP contribution in [0.1, 0.15) is 24.6 Å². The third-order valence-electron chi connectivity index (χ3n) is 3.02. The average molecular weight is 229 g/mol. The van der Waals surface area contributed by atoms with E-state index in [1.54, 1.807) is 0 Å². The van der Waals surface area contributed by atoms with E-state index in [1.807, 2.05) is 0 Å². The summed E-state index contributed by atoms with van der Waals surface area (Å²) < 4.78 is 40.7. The minimum absolute atomic E-state index is 0.333. The molecule has 2 rings (SSSR count). The molecule has 16 heavy (non-hydrogen) atoms. The molecule has 0 spiro atoms. The van der Waals surface area contributed by atoms with Crippen molar-refractivity contribution in [2.75, 3.05) is 13.1 Å². The summed E-state index contributed by atoms with van der Waals surface area (Å²) in [6.45, 7) is 1.33. The molecule has 1 fully saturated rings. The Morgan fingerprint density at radius 3 is 2.50 bits per heavy atom. The summed E-state index contributed by atoms with van der Waals surface area (Å²) in [5, 5.41) is 3.04. The number of alkyl halides is 1. The lowest BCUT2D eigenvalue weighted by molar-refractivity contribution is 0.185. The van der Waals surface area contributed by atoms with E-state index in [2.05, 4.69) is 5.32 Å². The number of benzene rings is 1. The number of halogens is 3. The van der Waals surface area contributed by atoms with Crippen LogP contribution in [-0.4, -0.2) is 13.1 Å². The SMILES string of the molecule is Fc1cccc(F)c1C(F)C1CCCNC1. The van der Waals surface area contributed by atoms with Crippen LogP contribution in [0.3, 0.4) is 0 Å². The number of piperidine rings is 1. The van der Waals surface area contributed by atoms with Gasteiger partial charge in [-0.3, -0.25) is 0 Å². The van der Waals surface area contributed by atoms with E-state index in [9.17, 15) is 13.2 Å². The maximum absolute atomic E-state index is 14.0. The zero-order valence-corrected chi connectivity index (χ0v) is 8.85. The van der Waals surface area contributed by atoms with Gasteiger partial charge in [0.25, 0.3) is 0 Å². The van der Waals surface area contributed by atoms with Crippen LogP contribution in [0.15, 0.2) is 18.2 Å². The Kier molecular flexibility index (Phi) is 3.49. The third-order valence-corrected chi connectivity index (χ3v) is 3.02. The maximum Gasteiger partial charge on any atom is 0.135 e. The van der Waals surface area contributed by atoms with Crippen molar-refractivity contribution in [3.8, 4) is 0 Å². The molecular formula is C12H14F3N. The smallest absolute Gasteiger partial charge is 0.135 e. The van der Waals surface area contributed by atoms with Crippen molar-refractivity contribution in [1.29, 1.82) is 0 Å². The molecule has 1 heterocycles. The van der Waals surface area contributed by atoms with Gasteiger partial charge < -0.3 is 5.32 Å². The zero-order chi connectivity index (χ0) is 11.5. The Balaban J connectivity index is 2.22. The predicted octanol–water partition coefficient (Wildman–Crippen LogP) is 2.98. The molecule has 1 saturated heterocycles. The van der Waals surface area contributed by atoms with Crippen molar-refractivity contribution in [3.05, 3.63) is 35.4 Å². The van der Waals surface area contributed by atoms with Crippen LogP contribution in [0.5, 0.6) is 0 Å². The second-order valence-electron chi connectivity index (χ2n) is 4.14. The van der Waals surface area contributed by atoms with Crippen LogP contribution < -0.4 is 5.32 Å². The Bertz CT molecular complexity index is 341. The van der Waals surface area contributed by atoms with Gasteiger partial charge in [-0.1, -0.05) is 6.07 Å². The molecule has 0 bridgehead atoms. The first-order valence-corrected chi connectivity index (χ1v) is 5.49. The molecule has 1 N–H and O–H groups in total. The summed E-state index contributed by atoms with van der Waals surface area (Å²) in [6, 6.07) is 3.45. The molecule has 1 aliphatic heterocycles. The van der Waals surface area contributed by atoms with Crippen molar-refractivity contribution in [2.45, 2.75) is 19.0 Å². The molecule has 0 saturated carbocycles. The monoisotopic (exact) mass is 229 g/mol. The normalized spacial score (nSPS) is 23.1. The summed E-state index contributed by atoms with van der Waals surface area (Å²) >= 11 is 0. The fourth-order valence-electron chi connectivity index (χ4n) is 2.14. The van der Waals surface area contributed by atoms with Crippen molar-refractivity contribution >= 4 is 0 Å². The van der Waals surface area contributed by atoms with Crippen LogP contribution in [0, 0.1) is 17.6 Å². The van der Waals surface area contributed by atoms with Gasteiger partial charge in [-0.25, -0.2) is 13.2 Å². The quantitative estimate of drug-likeness (QED) is 0.822. The summed E-state index contributed by atoms with van der Waals surface area (Å²) in [7, 11) is 0. The lowest BCUT2D eigenvalue weighted by Crippen LogP contribution is -2.32. The standard InChI is InChI=1S/C12H14F3N/c13-9-4-1-5-10(14)11(9)12(15)8-3-2-6-16-7-8/h1,4-5,8,12,16H,2-3,6-7H2. The molecule has 0 amide bonds. The average Bonchev–Trinajstić information content (AvgIpc) is 2.30. The van der Waals surface area contributed by atoms with Gasteiger partial charge in [0.15, 0.2) is 0 Å². The summed E-state index contributed by atoms with van der Waals surface area (Å²) in [6.07, 6.45) is -0.0441. The minimum atomic E-state index is -1.56. The first-order chi connectivity index (χ1) is 7.70. The van der Waals surface area contributed by atoms with E-state index in [1.165, 1.54) is 6.07 Å². The minimum Gasteiger partial charge on any atom is -0.316 e. The van der Waals surface area contributed by atoms with E-state index >= 15 is 0 Å². The van der Waals surface area contributed by atoms with E-state index < -0.39 is 23.4 Å². The van der Waals surface area contributed by atoms with Gasteiger partial charge in [0, 0.05) is 12.5 Å². The lowest BCUT2D eigenvalue weighted by atomic mass is 9.90. The van der Waals surface area contributed by atoms with Crippen molar-refractivity contribution < 1.29 is 13.2 Å². The highest BCUT2D eigenvalue weighted by Crippen LogP contribution is 2.33. The molecule has 2 atom stereocenters. The van der Waals surface area contributed by atoms with Crippen LogP contribution in [0.25, 0.3) is 0 Å². The molecule has 1 aromatic carbocycles. The molecule has 88 valence electrons. The summed E-state index contributed by atoms with van der Waals surface area (Å²) in [4.78, 5) is 0. The van der Waals surface area contributed by atoms with Gasteiger partial charge in [0.05, 0.1) is 5.56 Å². The van der Waals surface area contributed by atoms with Gasteiger partial charge in [-0.15, -0.1) is 0 Å². The topological polar surface area (TPSA) is 12.0 Å². The molecule has 1 aliphatic rings. The second-order valence-corrected chi connectivity index (χ2v) is 4.14.